The van der Waals surface area contributed by atoms with E-state index >= 15 is 0 Å². The van der Waals surface area contributed by atoms with Gasteiger partial charge < -0.3 is 5.32 Å². The number of nitrogens with one attached hydrogen (secondary N) is 2. The van der Waals surface area contributed by atoms with E-state index in [0.29, 0.717) is 16.7 Å². The predicted molar refractivity (Wildman–Crippen MR) is 72.4 cm³/mol. The molecule has 2 N–H and O–H groups in total. The van der Waals surface area contributed by atoms with Gasteiger partial charge in [0.1, 0.15) is 12.4 Å². The van der Waals surface area contributed by atoms with Crippen LogP contribution in [0.3, 0.4) is 0 Å². The minimum Gasteiger partial charge on any atom is -0.325 e. The summed E-state index contributed by atoms with van der Waals surface area (Å²) in [5.41, 5.74) is 0.511. The Morgan fingerprint density at radius 3 is 3.05 bits per heavy atom. The van der Waals surface area contributed by atoms with Crippen molar-refractivity contribution >= 4 is 35.1 Å². The molecular weight excluding hydrogens is 282 g/mol. The first-order chi connectivity index (χ1) is 9.65. The molecule has 2 amide bonds. The Hall–Kier alpha value is -2.41. The van der Waals surface area contributed by atoms with E-state index in [4.69, 9.17) is 11.6 Å². The quantitative estimate of drug-likeness (QED) is 0.896. The largest absolute Gasteiger partial charge is 0.325 e. The molecule has 7 nitrogen and oxygen atoms in total. The summed E-state index contributed by atoms with van der Waals surface area (Å²) >= 11 is 5.96. The average Bonchev–Trinajstić information content (AvgIpc) is 2.96. The molecule has 0 saturated carbocycles. The molecule has 1 aliphatic heterocycles. The molecular formula is C12H10ClN5O2. The lowest BCUT2D eigenvalue weighted by atomic mass is 10.2. The summed E-state index contributed by atoms with van der Waals surface area (Å²) in [7, 11) is 0. The highest BCUT2D eigenvalue weighted by atomic mass is 35.5. The van der Waals surface area contributed by atoms with Crippen LogP contribution in [-0.2, 0) is 9.59 Å². The van der Waals surface area contributed by atoms with Crippen LogP contribution in [0.25, 0.3) is 0 Å². The lowest BCUT2D eigenvalue weighted by Crippen LogP contribution is -2.23. The van der Waals surface area contributed by atoms with Crippen LogP contribution < -0.4 is 10.6 Å². The summed E-state index contributed by atoms with van der Waals surface area (Å²) in [5, 5.41) is 9.59. The van der Waals surface area contributed by atoms with E-state index in [1.54, 1.807) is 24.3 Å². The van der Waals surface area contributed by atoms with E-state index in [9.17, 15) is 9.59 Å². The lowest BCUT2D eigenvalue weighted by Gasteiger charge is -2.10. The Morgan fingerprint density at radius 2 is 2.25 bits per heavy atom. The van der Waals surface area contributed by atoms with E-state index in [1.165, 1.54) is 11.0 Å². The van der Waals surface area contributed by atoms with Gasteiger partial charge in [0, 0.05) is 0 Å². The molecule has 0 saturated heterocycles. The molecule has 1 aromatic heterocycles. The second-order valence-corrected chi connectivity index (χ2v) is 4.67. The number of amides is 2. The molecule has 1 aromatic carbocycles. The first-order valence-corrected chi connectivity index (χ1v) is 6.27. The molecule has 20 heavy (non-hydrogen) atoms. The fraction of sp³-hybridized carbons (Fsp3) is 0.167. The molecule has 0 fully saturated rings. The number of carbonyl (C=O) groups excluding carboxylic acids is 2. The van der Waals surface area contributed by atoms with Crippen molar-refractivity contribution in [1.82, 2.24) is 14.8 Å². The third kappa shape index (κ3) is 2.23. The van der Waals surface area contributed by atoms with Gasteiger partial charge >= 0.3 is 0 Å². The van der Waals surface area contributed by atoms with Crippen molar-refractivity contribution in [2.75, 3.05) is 10.6 Å². The van der Waals surface area contributed by atoms with Crippen molar-refractivity contribution in [1.29, 1.82) is 0 Å². The number of hydrogen-bond donors (Lipinski definition) is 2. The van der Waals surface area contributed by atoms with Crippen LogP contribution in [-0.4, -0.2) is 26.6 Å². The Morgan fingerprint density at radius 1 is 1.45 bits per heavy atom. The minimum absolute atomic E-state index is 0.0343. The molecule has 0 unspecified atom stereocenters. The summed E-state index contributed by atoms with van der Waals surface area (Å²) in [5.74, 6) is -0.262. The van der Waals surface area contributed by atoms with E-state index in [-0.39, 0.29) is 18.2 Å². The third-order valence-corrected chi connectivity index (χ3v) is 3.26. The van der Waals surface area contributed by atoms with Crippen molar-refractivity contribution in [3.8, 4) is 0 Å². The molecule has 0 radical (unpaired) electrons. The number of hydrogen-bond acceptors (Lipinski definition) is 4. The Kier molecular flexibility index (Phi) is 3.11. The van der Waals surface area contributed by atoms with Crippen molar-refractivity contribution in [3.05, 3.63) is 35.6 Å². The van der Waals surface area contributed by atoms with Crippen molar-refractivity contribution in [2.45, 2.75) is 12.5 Å². The first kappa shape index (κ1) is 12.6. The maximum atomic E-state index is 12.0. The van der Waals surface area contributed by atoms with Gasteiger partial charge in [-0.25, -0.2) is 4.68 Å². The Balaban J connectivity index is 1.71. The van der Waals surface area contributed by atoms with Crippen molar-refractivity contribution in [3.63, 3.8) is 0 Å². The van der Waals surface area contributed by atoms with E-state index in [0.717, 1.165) is 0 Å². The zero-order chi connectivity index (χ0) is 14.1. The maximum absolute atomic E-state index is 12.0. The smallest absolute Gasteiger partial charge is 0.252 e. The van der Waals surface area contributed by atoms with E-state index in [1.807, 2.05) is 0 Å². The maximum Gasteiger partial charge on any atom is 0.252 e. The fourth-order valence-corrected chi connectivity index (χ4v) is 2.17. The minimum atomic E-state index is -0.685. The molecule has 0 bridgehead atoms. The van der Waals surface area contributed by atoms with Crippen LogP contribution in [0.2, 0.25) is 5.02 Å². The standard InChI is InChI=1S/C12H10ClN5O2/c13-7-3-1-2-4-8(7)16-10(19)5-9-11(20)17-12-14-6-15-18(9)12/h1-4,6,9H,5H2,(H,16,19)(H,14,15,17,20)/t9-/m0/s1. The predicted octanol–water partition coefficient (Wildman–Crippen LogP) is 1.45. The number of rotatable bonds is 3. The second-order valence-electron chi connectivity index (χ2n) is 4.27. The molecule has 0 aliphatic carbocycles. The summed E-state index contributed by atoms with van der Waals surface area (Å²) < 4.78 is 1.40. The second kappa shape index (κ2) is 4.93. The highest BCUT2D eigenvalue weighted by Gasteiger charge is 2.33. The zero-order valence-corrected chi connectivity index (χ0v) is 11.0. The van der Waals surface area contributed by atoms with Gasteiger partial charge in [-0.1, -0.05) is 23.7 Å². The molecule has 2 aromatic rings. The lowest BCUT2D eigenvalue weighted by molar-refractivity contribution is -0.123. The van der Waals surface area contributed by atoms with Gasteiger partial charge in [0.2, 0.25) is 11.9 Å². The number of carbonyl (C=O) groups is 2. The molecule has 3 rings (SSSR count). The highest BCUT2D eigenvalue weighted by Crippen LogP contribution is 2.25. The van der Waals surface area contributed by atoms with Crippen LogP contribution in [0.1, 0.15) is 12.5 Å². The molecule has 1 atom stereocenters. The van der Waals surface area contributed by atoms with Crippen molar-refractivity contribution < 1.29 is 9.59 Å². The number of halogens is 1. The summed E-state index contributed by atoms with van der Waals surface area (Å²) in [6.45, 7) is 0. The fourth-order valence-electron chi connectivity index (χ4n) is 1.99. The van der Waals surface area contributed by atoms with Gasteiger partial charge in [-0.05, 0) is 12.1 Å². The van der Waals surface area contributed by atoms with Crippen LogP contribution >= 0.6 is 11.6 Å². The molecule has 0 spiro atoms. The van der Waals surface area contributed by atoms with Crippen LogP contribution in [0, 0.1) is 0 Å². The van der Waals surface area contributed by atoms with Gasteiger partial charge in [0.05, 0.1) is 17.1 Å². The summed E-state index contributed by atoms with van der Waals surface area (Å²) in [6, 6.07) is 6.21. The monoisotopic (exact) mass is 291 g/mol. The number of para-hydroxylation sites is 1. The number of fused-ring (bicyclic) bond motifs is 1. The first-order valence-electron chi connectivity index (χ1n) is 5.90. The number of aromatic nitrogens is 3. The number of benzene rings is 1. The van der Waals surface area contributed by atoms with Crippen LogP contribution in [0.5, 0.6) is 0 Å². The highest BCUT2D eigenvalue weighted by molar-refractivity contribution is 6.33. The van der Waals surface area contributed by atoms with Gasteiger partial charge in [-0.2, -0.15) is 10.1 Å². The van der Waals surface area contributed by atoms with Crippen molar-refractivity contribution in [2.24, 2.45) is 0 Å². The number of anilines is 2. The SMILES string of the molecule is O=C(C[C@H]1C(=O)Nc2ncnn21)Nc1ccccc1Cl. The van der Waals surface area contributed by atoms with E-state index in [2.05, 4.69) is 20.7 Å². The van der Waals surface area contributed by atoms with Gasteiger partial charge in [0.25, 0.3) is 5.91 Å². The Labute approximate surface area is 118 Å². The topological polar surface area (TPSA) is 88.9 Å². The molecule has 2 heterocycles. The third-order valence-electron chi connectivity index (χ3n) is 2.93. The van der Waals surface area contributed by atoms with Gasteiger partial charge in [-0.15, -0.1) is 0 Å². The molecule has 102 valence electrons. The van der Waals surface area contributed by atoms with Gasteiger partial charge in [-0.3, -0.25) is 14.9 Å². The number of nitrogens with zero attached hydrogens (tertiary/aromatic N) is 3. The molecule has 8 heteroatoms. The van der Waals surface area contributed by atoms with Crippen LogP contribution in [0.4, 0.5) is 11.6 Å². The van der Waals surface area contributed by atoms with E-state index < -0.39 is 6.04 Å². The average molecular weight is 292 g/mol. The van der Waals surface area contributed by atoms with Gasteiger partial charge in [0.15, 0.2) is 0 Å². The zero-order valence-electron chi connectivity index (χ0n) is 10.2. The van der Waals surface area contributed by atoms with Crippen LogP contribution in [0.15, 0.2) is 30.6 Å². The normalized spacial score (nSPS) is 16.6. The summed E-state index contributed by atoms with van der Waals surface area (Å²) in [4.78, 5) is 27.6. The molecule has 1 aliphatic rings. The Bertz CT molecular complexity index is 684. The summed E-state index contributed by atoms with van der Waals surface area (Å²) in [6.07, 6.45) is 1.29.